The molecule has 1 aliphatic carbocycles. The second-order valence-corrected chi connectivity index (χ2v) is 2.34. The SMILES string of the molecule is C=CC1=C(C=C)CC=CC1.CC. The van der Waals surface area contributed by atoms with Crippen LogP contribution in [0.3, 0.4) is 0 Å². The molecule has 0 spiro atoms. The average molecular weight is 162 g/mol. The van der Waals surface area contributed by atoms with Crippen LogP contribution in [0.4, 0.5) is 0 Å². The average Bonchev–Trinajstić information content (AvgIpc) is 2.20. The first-order chi connectivity index (χ1) is 5.88. The van der Waals surface area contributed by atoms with Crippen molar-refractivity contribution in [1.82, 2.24) is 0 Å². The van der Waals surface area contributed by atoms with Crippen LogP contribution in [-0.2, 0) is 0 Å². The van der Waals surface area contributed by atoms with E-state index in [0.717, 1.165) is 12.8 Å². The minimum Gasteiger partial charge on any atom is -0.0988 e. The van der Waals surface area contributed by atoms with Crippen LogP contribution in [0.2, 0.25) is 0 Å². The number of allylic oxidation sites excluding steroid dienone is 6. The highest BCUT2D eigenvalue weighted by Crippen LogP contribution is 2.20. The molecule has 0 aliphatic heterocycles. The predicted molar refractivity (Wildman–Crippen MR) is 57.1 cm³/mol. The fourth-order valence-electron chi connectivity index (χ4n) is 1.11. The normalized spacial score (nSPS) is 14.8. The van der Waals surface area contributed by atoms with E-state index in [4.69, 9.17) is 0 Å². The predicted octanol–water partition coefficient (Wildman–Crippen LogP) is 4.03. The summed E-state index contributed by atoms with van der Waals surface area (Å²) >= 11 is 0. The first-order valence-electron chi connectivity index (χ1n) is 4.50. The van der Waals surface area contributed by atoms with E-state index in [2.05, 4.69) is 25.3 Å². The van der Waals surface area contributed by atoms with Crippen molar-refractivity contribution in [2.45, 2.75) is 26.7 Å². The van der Waals surface area contributed by atoms with Crippen LogP contribution in [0.15, 0.2) is 48.6 Å². The van der Waals surface area contributed by atoms with E-state index in [1.165, 1.54) is 11.1 Å². The minimum absolute atomic E-state index is 1.02. The Balaban J connectivity index is 0.000000561. The Morgan fingerprint density at radius 1 is 1.00 bits per heavy atom. The first-order valence-corrected chi connectivity index (χ1v) is 4.50. The minimum atomic E-state index is 1.02. The Morgan fingerprint density at radius 3 is 1.58 bits per heavy atom. The Kier molecular flexibility index (Phi) is 6.08. The molecule has 0 fully saturated rings. The zero-order valence-electron chi connectivity index (χ0n) is 8.14. The van der Waals surface area contributed by atoms with E-state index in [9.17, 15) is 0 Å². The lowest BCUT2D eigenvalue weighted by molar-refractivity contribution is 1.11. The highest BCUT2D eigenvalue weighted by molar-refractivity contribution is 5.36. The van der Waals surface area contributed by atoms with Gasteiger partial charge < -0.3 is 0 Å². The summed E-state index contributed by atoms with van der Waals surface area (Å²) in [6.07, 6.45) is 10.2. The molecule has 0 nitrogen and oxygen atoms in total. The maximum Gasteiger partial charge on any atom is -0.00947 e. The standard InChI is InChI=1S/C10H12.C2H6/c1-3-9-7-5-6-8-10(9)4-2;1-2/h3-6H,1-2,7-8H2;1-2H3. The lowest BCUT2D eigenvalue weighted by Gasteiger charge is -2.08. The zero-order chi connectivity index (χ0) is 9.40. The highest BCUT2D eigenvalue weighted by Gasteiger charge is 2.00. The third-order valence-corrected chi connectivity index (χ3v) is 1.75. The summed E-state index contributed by atoms with van der Waals surface area (Å²) in [6, 6.07) is 0. The summed E-state index contributed by atoms with van der Waals surface area (Å²) in [7, 11) is 0. The summed E-state index contributed by atoms with van der Waals surface area (Å²) in [6.45, 7) is 11.5. The van der Waals surface area contributed by atoms with Gasteiger partial charge in [-0.2, -0.15) is 0 Å². The van der Waals surface area contributed by atoms with Crippen LogP contribution in [0.25, 0.3) is 0 Å². The molecule has 0 atom stereocenters. The molecule has 0 heterocycles. The van der Waals surface area contributed by atoms with Gasteiger partial charge in [0.05, 0.1) is 0 Å². The Hall–Kier alpha value is -1.04. The molecular weight excluding hydrogens is 144 g/mol. The Labute approximate surface area is 76.0 Å². The molecule has 0 saturated heterocycles. The molecule has 66 valence electrons. The smallest absolute Gasteiger partial charge is 0.00947 e. The van der Waals surface area contributed by atoms with E-state index in [0.29, 0.717) is 0 Å². The summed E-state index contributed by atoms with van der Waals surface area (Å²) in [5.74, 6) is 0. The van der Waals surface area contributed by atoms with Gasteiger partial charge in [-0.1, -0.05) is 51.3 Å². The highest BCUT2D eigenvalue weighted by atomic mass is 14.1. The maximum absolute atomic E-state index is 3.74. The van der Waals surface area contributed by atoms with Crippen LogP contribution in [0.1, 0.15) is 26.7 Å². The lowest BCUT2D eigenvalue weighted by atomic mass is 9.97. The van der Waals surface area contributed by atoms with Gasteiger partial charge in [0.15, 0.2) is 0 Å². The Morgan fingerprint density at radius 2 is 1.33 bits per heavy atom. The molecule has 0 aromatic heterocycles. The van der Waals surface area contributed by atoms with Crippen LogP contribution < -0.4 is 0 Å². The molecule has 0 radical (unpaired) electrons. The van der Waals surface area contributed by atoms with Gasteiger partial charge in [-0.15, -0.1) is 0 Å². The van der Waals surface area contributed by atoms with E-state index < -0.39 is 0 Å². The molecule has 1 aliphatic rings. The summed E-state index contributed by atoms with van der Waals surface area (Å²) in [5, 5.41) is 0. The zero-order valence-corrected chi connectivity index (χ0v) is 8.14. The summed E-state index contributed by atoms with van der Waals surface area (Å²) in [4.78, 5) is 0. The molecule has 0 heteroatoms. The first kappa shape index (κ1) is 11.0. The fourth-order valence-corrected chi connectivity index (χ4v) is 1.11. The van der Waals surface area contributed by atoms with Crippen molar-refractivity contribution in [3.63, 3.8) is 0 Å². The number of hydrogen-bond donors (Lipinski definition) is 0. The molecule has 0 aromatic carbocycles. The third kappa shape index (κ3) is 2.91. The molecular formula is C12H18. The quantitative estimate of drug-likeness (QED) is 0.538. The number of rotatable bonds is 2. The van der Waals surface area contributed by atoms with Crippen molar-refractivity contribution in [1.29, 1.82) is 0 Å². The third-order valence-electron chi connectivity index (χ3n) is 1.75. The van der Waals surface area contributed by atoms with Crippen LogP contribution in [0.5, 0.6) is 0 Å². The maximum atomic E-state index is 3.74. The van der Waals surface area contributed by atoms with Gasteiger partial charge in [0.25, 0.3) is 0 Å². The topological polar surface area (TPSA) is 0 Å². The largest absolute Gasteiger partial charge is 0.0988 e. The van der Waals surface area contributed by atoms with Crippen molar-refractivity contribution in [2.24, 2.45) is 0 Å². The molecule has 0 amide bonds. The second-order valence-electron chi connectivity index (χ2n) is 2.34. The lowest BCUT2D eigenvalue weighted by Crippen LogP contribution is -1.89. The van der Waals surface area contributed by atoms with Gasteiger partial charge in [-0.05, 0) is 24.0 Å². The van der Waals surface area contributed by atoms with Gasteiger partial charge in [-0.25, -0.2) is 0 Å². The second kappa shape index (κ2) is 6.66. The van der Waals surface area contributed by atoms with Gasteiger partial charge in [0.2, 0.25) is 0 Å². The molecule has 0 bridgehead atoms. The van der Waals surface area contributed by atoms with Crippen LogP contribution in [0, 0.1) is 0 Å². The molecule has 0 saturated carbocycles. The van der Waals surface area contributed by atoms with E-state index >= 15 is 0 Å². The summed E-state index contributed by atoms with van der Waals surface area (Å²) < 4.78 is 0. The monoisotopic (exact) mass is 162 g/mol. The van der Waals surface area contributed by atoms with Crippen molar-refractivity contribution in [2.75, 3.05) is 0 Å². The molecule has 0 unspecified atom stereocenters. The van der Waals surface area contributed by atoms with Crippen LogP contribution in [-0.4, -0.2) is 0 Å². The van der Waals surface area contributed by atoms with Crippen molar-refractivity contribution in [3.8, 4) is 0 Å². The van der Waals surface area contributed by atoms with E-state index in [-0.39, 0.29) is 0 Å². The fraction of sp³-hybridized carbons (Fsp3) is 0.333. The van der Waals surface area contributed by atoms with Crippen molar-refractivity contribution < 1.29 is 0 Å². The van der Waals surface area contributed by atoms with Gasteiger partial charge in [0, 0.05) is 0 Å². The molecule has 12 heavy (non-hydrogen) atoms. The van der Waals surface area contributed by atoms with Gasteiger partial charge in [-0.3, -0.25) is 0 Å². The van der Waals surface area contributed by atoms with Crippen molar-refractivity contribution in [3.05, 3.63) is 48.6 Å². The number of hydrogen-bond acceptors (Lipinski definition) is 0. The summed E-state index contributed by atoms with van der Waals surface area (Å²) in [5.41, 5.74) is 2.63. The molecule has 1 rings (SSSR count). The Bertz CT molecular complexity index is 182. The van der Waals surface area contributed by atoms with E-state index in [1.807, 2.05) is 26.0 Å². The van der Waals surface area contributed by atoms with E-state index in [1.54, 1.807) is 0 Å². The van der Waals surface area contributed by atoms with Gasteiger partial charge in [0.1, 0.15) is 0 Å². The molecule has 0 N–H and O–H groups in total. The van der Waals surface area contributed by atoms with Crippen LogP contribution >= 0.6 is 0 Å². The van der Waals surface area contributed by atoms with Crippen molar-refractivity contribution >= 4 is 0 Å². The van der Waals surface area contributed by atoms with Gasteiger partial charge >= 0.3 is 0 Å². The molecule has 0 aromatic rings.